The van der Waals surface area contributed by atoms with Gasteiger partial charge in [-0.1, -0.05) is 12.1 Å². The number of anilines is 2. The number of hydrogen-bond acceptors (Lipinski definition) is 6. The van der Waals surface area contributed by atoms with E-state index in [4.69, 9.17) is 0 Å². The Morgan fingerprint density at radius 3 is 2.59 bits per heavy atom. The molecule has 0 saturated carbocycles. The van der Waals surface area contributed by atoms with Crippen LogP contribution in [0.25, 0.3) is 0 Å². The SMILES string of the molecule is C=CCNC(=O)c1ccc(N2CCN(c3ccccn3)CC2)c([N+](=O)[O-])c1. The van der Waals surface area contributed by atoms with Gasteiger partial charge in [0, 0.05) is 50.6 Å². The number of carbonyl (C=O) groups excluding carboxylic acids is 1. The summed E-state index contributed by atoms with van der Waals surface area (Å²) in [5, 5.41) is 14.2. The maximum Gasteiger partial charge on any atom is 0.293 e. The van der Waals surface area contributed by atoms with E-state index in [9.17, 15) is 14.9 Å². The average Bonchev–Trinajstić information content (AvgIpc) is 2.72. The monoisotopic (exact) mass is 367 g/mol. The Morgan fingerprint density at radius 2 is 1.96 bits per heavy atom. The molecule has 0 atom stereocenters. The zero-order valence-electron chi connectivity index (χ0n) is 14.9. The lowest BCUT2D eigenvalue weighted by Gasteiger charge is -2.36. The molecule has 0 aliphatic carbocycles. The number of nitro groups is 1. The summed E-state index contributed by atoms with van der Waals surface area (Å²) in [4.78, 5) is 31.6. The van der Waals surface area contributed by atoms with Crippen molar-refractivity contribution in [3.63, 3.8) is 0 Å². The number of nitrogens with zero attached hydrogens (tertiary/aromatic N) is 4. The number of benzene rings is 1. The number of carbonyl (C=O) groups is 1. The van der Waals surface area contributed by atoms with E-state index in [2.05, 4.69) is 21.8 Å². The van der Waals surface area contributed by atoms with Crippen LogP contribution in [0.1, 0.15) is 10.4 Å². The molecule has 3 rings (SSSR count). The summed E-state index contributed by atoms with van der Waals surface area (Å²) in [7, 11) is 0. The van der Waals surface area contributed by atoms with Crippen LogP contribution in [-0.4, -0.2) is 48.5 Å². The van der Waals surface area contributed by atoms with Gasteiger partial charge in [-0.2, -0.15) is 0 Å². The number of nitrogens with one attached hydrogen (secondary N) is 1. The summed E-state index contributed by atoms with van der Waals surface area (Å²) >= 11 is 0. The molecule has 1 N–H and O–H groups in total. The first-order chi connectivity index (χ1) is 13.1. The van der Waals surface area contributed by atoms with Gasteiger partial charge in [-0.25, -0.2) is 4.98 Å². The number of nitro benzene ring substituents is 1. The number of rotatable bonds is 6. The second kappa shape index (κ2) is 8.31. The number of amides is 1. The van der Waals surface area contributed by atoms with E-state index in [-0.39, 0.29) is 17.2 Å². The van der Waals surface area contributed by atoms with Crippen molar-refractivity contribution < 1.29 is 9.72 Å². The summed E-state index contributed by atoms with van der Waals surface area (Å²) in [5.41, 5.74) is 0.730. The minimum Gasteiger partial charge on any atom is -0.362 e. The highest BCUT2D eigenvalue weighted by Crippen LogP contribution is 2.30. The zero-order chi connectivity index (χ0) is 19.2. The highest BCUT2D eigenvalue weighted by molar-refractivity contribution is 5.95. The first-order valence-electron chi connectivity index (χ1n) is 8.68. The van der Waals surface area contributed by atoms with Crippen LogP contribution in [0.2, 0.25) is 0 Å². The molecule has 0 radical (unpaired) electrons. The molecular formula is C19H21N5O3. The largest absolute Gasteiger partial charge is 0.362 e. The van der Waals surface area contributed by atoms with E-state index in [1.54, 1.807) is 24.4 Å². The minimum atomic E-state index is -0.440. The van der Waals surface area contributed by atoms with Crippen molar-refractivity contribution >= 4 is 23.1 Å². The van der Waals surface area contributed by atoms with Gasteiger partial charge in [0.2, 0.25) is 0 Å². The molecule has 8 heteroatoms. The molecule has 0 bridgehead atoms. The Balaban J connectivity index is 1.75. The van der Waals surface area contributed by atoms with Crippen LogP contribution in [0.5, 0.6) is 0 Å². The first-order valence-corrected chi connectivity index (χ1v) is 8.68. The van der Waals surface area contributed by atoms with E-state index in [0.29, 0.717) is 25.3 Å². The maximum atomic E-state index is 12.1. The molecule has 2 aromatic rings. The fourth-order valence-electron chi connectivity index (χ4n) is 3.06. The second-order valence-electron chi connectivity index (χ2n) is 6.12. The molecule has 1 fully saturated rings. The molecule has 8 nitrogen and oxygen atoms in total. The van der Waals surface area contributed by atoms with Crippen LogP contribution in [0.4, 0.5) is 17.2 Å². The molecule has 1 aliphatic rings. The summed E-state index contributed by atoms with van der Waals surface area (Å²) in [6.07, 6.45) is 3.31. The molecular weight excluding hydrogens is 346 g/mol. The van der Waals surface area contributed by atoms with Gasteiger partial charge in [0.05, 0.1) is 4.92 Å². The minimum absolute atomic E-state index is 0.0625. The molecule has 1 amide bonds. The smallest absolute Gasteiger partial charge is 0.293 e. The highest BCUT2D eigenvalue weighted by Gasteiger charge is 2.25. The molecule has 2 heterocycles. The third kappa shape index (κ3) is 4.22. The molecule has 1 aromatic heterocycles. The Labute approximate surface area is 157 Å². The van der Waals surface area contributed by atoms with E-state index in [1.807, 2.05) is 23.1 Å². The summed E-state index contributed by atoms with van der Waals surface area (Å²) in [6, 6.07) is 10.4. The quantitative estimate of drug-likeness (QED) is 0.478. The van der Waals surface area contributed by atoms with E-state index in [1.165, 1.54) is 6.07 Å². The van der Waals surface area contributed by atoms with E-state index < -0.39 is 4.92 Å². The summed E-state index contributed by atoms with van der Waals surface area (Å²) < 4.78 is 0. The van der Waals surface area contributed by atoms with Crippen molar-refractivity contribution in [3.8, 4) is 0 Å². The molecule has 1 saturated heterocycles. The van der Waals surface area contributed by atoms with Gasteiger partial charge < -0.3 is 15.1 Å². The fourth-order valence-corrected chi connectivity index (χ4v) is 3.06. The van der Waals surface area contributed by atoms with Crippen LogP contribution in [-0.2, 0) is 0 Å². The van der Waals surface area contributed by atoms with Crippen LogP contribution >= 0.6 is 0 Å². The van der Waals surface area contributed by atoms with Gasteiger partial charge in [0.25, 0.3) is 11.6 Å². The molecule has 140 valence electrons. The van der Waals surface area contributed by atoms with Crippen molar-refractivity contribution in [2.45, 2.75) is 0 Å². The van der Waals surface area contributed by atoms with Gasteiger partial charge in [0.15, 0.2) is 0 Å². The van der Waals surface area contributed by atoms with Crippen LogP contribution in [0.15, 0.2) is 55.3 Å². The van der Waals surface area contributed by atoms with Gasteiger partial charge in [-0.05, 0) is 24.3 Å². The lowest BCUT2D eigenvalue weighted by Crippen LogP contribution is -2.47. The lowest BCUT2D eigenvalue weighted by molar-refractivity contribution is -0.384. The normalized spacial score (nSPS) is 13.9. The van der Waals surface area contributed by atoms with Crippen LogP contribution in [0.3, 0.4) is 0 Å². The Morgan fingerprint density at radius 1 is 1.22 bits per heavy atom. The van der Waals surface area contributed by atoms with E-state index in [0.717, 1.165) is 18.9 Å². The third-order valence-electron chi connectivity index (χ3n) is 4.43. The molecule has 0 unspecified atom stereocenters. The average molecular weight is 367 g/mol. The number of pyridine rings is 1. The molecule has 27 heavy (non-hydrogen) atoms. The second-order valence-corrected chi connectivity index (χ2v) is 6.12. The number of hydrogen-bond donors (Lipinski definition) is 1. The molecule has 0 spiro atoms. The van der Waals surface area contributed by atoms with E-state index >= 15 is 0 Å². The topological polar surface area (TPSA) is 91.6 Å². The lowest BCUT2D eigenvalue weighted by atomic mass is 10.1. The van der Waals surface area contributed by atoms with Crippen LogP contribution < -0.4 is 15.1 Å². The summed E-state index contributed by atoms with van der Waals surface area (Å²) in [5.74, 6) is 0.547. The van der Waals surface area contributed by atoms with Crippen molar-refractivity contribution in [2.75, 3.05) is 42.5 Å². The first kappa shape index (κ1) is 18.4. The van der Waals surface area contributed by atoms with Gasteiger partial charge in [-0.15, -0.1) is 6.58 Å². The van der Waals surface area contributed by atoms with Gasteiger partial charge in [-0.3, -0.25) is 14.9 Å². The predicted octanol–water partition coefficient (Wildman–Crippen LogP) is 2.23. The molecule has 1 aromatic carbocycles. The predicted molar refractivity (Wildman–Crippen MR) is 104 cm³/mol. The Bertz CT molecular complexity index is 832. The maximum absolute atomic E-state index is 12.1. The van der Waals surface area contributed by atoms with Crippen molar-refractivity contribution in [1.82, 2.24) is 10.3 Å². The van der Waals surface area contributed by atoms with Gasteiger partial charge in [0.1, 0.15) is 11.5 Å². The van der Waals surface area contributed by atoms with Crippen LogP contribution in [0, 0.1) is 10.1 Å². The van der Waals surface area contributed by atoms with Crippen molar-refractivity contribution in [1.29, 1.82) is 0 Å². The molecule has 1 aliphatic heterocycles. The Kier molecular flexibility index (Phi) is 5.65. The standard InChI is InChI=1S/C19H21N5O3/c1-2-8-21-19(25)15-6-7-16(17(14-15)24(26)27)22-10-12-23(13-11-22)18-5-3-4-9-20-18/h2-7,9,14H,1,8,10-13H2,(H,21,25). The summed E-state index contributed by atoms with van der Waals surface area (Å²) in [6.45, 7) is 6.56. The van der Waals surface area contributed by atoms with Crippen molar-refractivity contribution in [2.24, 2.45) is 0 Å². The highest BCUT2D eigenvalue weighted by atomic mass is 16.6. The van der Waals surface area contributed by atoms with Crippen molar-refractivity contribution in [3.05, 3.63) is 70.9 Å². The van der Waals surface area contributed by atoms with Gasteiger partial charge >= 0.3 is 0 Å². The number of aromatic nitrogens is 1. The Hall–Kier alpha value is -3.42. The number of piperazine rings is 1. The fraction of sp³-hybridized carbons (Fsp3) is 0.263. The zero-order valence-corrected chi connectivity index (χ0v) is 14.9. The third-order valence-corrected chi connectivity index (χ3v) is 4.43.